The first kappa shape index (κ1) is 12.3. The first-order valence-electron chi connectivity index (χ1n) is 6.11. The molecule has 3 rings (SSSR count). The van der Waals surface area contributed by atoms with E-state index in [0.29, 0.717) is 5.25 Å². The number of fused-ring (bicyclic) bond motifs is 1. The molecule has 0 saturated carbocycles. The molecule has 1 aromatic carbocycles. The first-order chi connectivity index (χ1) is 8.83. The van der Waals surface area contributed by atoms with Gasteiger partial charge in [-0.25, -0.2) is 0 Å². The maximum atomic E-state index is 6.20. The molecule has 0 spiro atoms. The molecule has 0 atom stereocenters. The van der Waals surface area contributed by atoms with Crippen LogP contribution in [0.2, 0.25) is 5.02 Å². The fourth-order valence-corrected chi connectivity index (χ4v) is 3.50. The van der Waals surface area contributed by atoms with Gasteiger partial charge in [0.2, 0.25) is 0 Å². The van der Waals surface area contributed by atoms with Crippen molar-refractivity contribution in [3.05, 3.63) is 35.5 Å². The van der Waals surface area contributed by atoms with E-state index in [4.69, 9.17) is 16.3 Å². The lowest BCUT2D eigenvalue weighted by Gasteiger charge is -2.21. The van der Waals surface area contributed by atoms with E-state index in [2.05, 4.69) is 17.1 Å². The van der Waals surface area contributed by atoms with Crippen molar-refractivity contribution in [1.29, 1.82) is 0 Å². The third-order valence-corrected chi connectivity index (χ3v) is 4.79. The predicted molar refractivity (Wildman–Crippen MR) is 76.5 cm³/mol. The normalized spacial score (nSPS) is 17.2. The molecule has 1 aromatic heterocycles. The van der Waals surface area contributed by atoms with Crippen LogP contribution >= 0.6 is 23.4 Å². The van der Waals surface area contributed by atoms with Crippen LogP contribution in [-0.2, 0) is 4.74 Å². The largest absolute Gasteiger partial charge is 0.381 e. The van der Waals surface area contributed by atoms with Gasteiger partial charge in [0.05, 0.1) is 10.5 Å². The number of benzene rings is 1. The van der Waals surface area contributed by atoms with Crippen molar-refractivity contribution < 1.29 is 4.74 Å². The lowest BCUT2D eigenvalue weighted by molar-refractivity contribution is 0.100. The van der Waals surface area contributed by atoms with Crippen molar-refractivity contribution in [3.8, 4) is 0 Å². The molecule has 1 aliphatic rings. The van der Waals surface area contributed by atoms with E-state index in [1.54, 1.807) is 6.20 Å². The molecule has 0 aliphatic carbocycles. The quantitative estimate of drug-likeness (QED) is 0.824. The molecular formula is C14H14ClNOS. The third kappa shape index (κ3) is 2.63. The Bertz CT molecular complexity index is 554. The SMILES string of the molecule is Clc1ccnc2ccc(SC3CCOCC3)cc12. The van der Waals surface area contributed by atoms with Crippen LogP contribution in [0.4, 0.5) is 0 Å². The van der Waals surface area contributed by atoms with Gasteiger partial charge >= 0.3 is 0 Å². The maximum absolute atomic E-state index is 6.20. The Kier molecular flexibility index (Phi) is 3.73. The van der Waals surface area contributed by atoms with Crippen LogP contribution in [0.3, 0.4) is 0 Å². The highest BCUT2D eigenvalue weighted by Gasteiger charge is 2.15. The fourth-order valence-electron chi connectivity index (χ4n) is 2.15. The molecule has 2 heterocycles. The van der Waals surface area contributed by atoms with E-state index in [1.165, 1.54) is 4.90 Å². The van der Waals surface area contributed by atoms with Crippen molar-refractivity contribution in [1.82, 2.24) is 4.98 Å². The zero-order valence-corrected chi connectivity index (χ0v) is 11.5. The Morgan fingerprint density at radius 2 is 2.06 bits per heavy atom. The average molecular weight is 280 g/mol. The van der Waals surface area contributed by atoms with Crippen LogP contribution in [0.25, 0.3) is 10.9 Å². The molecule has 0 bridgehead atoms. The van der Waals surface area contributed by atoms with E-state index >= 15 is 0 Å². The molecule has 18 heavy (non-hydrogen) atoms. The van der Waals surface area contributed by atoms with Crippen LogP contribution in [0, 0.1) is 0 Å². The summed E-state index contributed by atoms with van der Waals surface area (Å²) < 4.78 is 5.38. The number of nitrogens with zero attached hydrogens (tertiary/aromatic N) is 1. The second-order valence-corrected chi connectivity index (χ2v) is 6.18. The van der Waals surface area contributed by atoms with E-state index in [9.17, 15) is 0 Å². The van der Waals surface area contributed by atoms with Crippen LogP contribution in [-0.4, -0.2) is 23.4 Å². The number of hydrogen-bond acceptors (Lipinski definition) is 3. The standard InChI is InChI=1S/C14H14ClNOS/c15-13-3-6-16-14-2-1-11(9-12(13)14)18-10-4-7-17-8-5-10/h1-3,6,9-10H,4-5,7-8H2. The number of halogens is 1. The number of aromatic nitrogens is 1. The highest BCUT2D eigenvalue weighted by atomic mass is 35.5. The van der Waals surface area contributed by atoms with Gasteiger partial charge in [-0.05, 0) is 37.1 Å². The highest BCUT2D eigenvalue weighted by Crippen LogP contribution is 2.32. The zero-order valence-electron chi connectivity index (χ0n) is 9.93. The molecule has 2 aromatic rings. The second kappa shape index (κ2) is 5.47. The van der Waals surface area contributed by atoms with Crippen LogP contribution in [0.15, 0.2) is 35.4 Å². The minimum absolute atomic E-state index is 0.659. The molecule has 0 N–H and O–H groups in total. The van der Waals surface area contributed by atoms with Gasteiger partial charge in [-0.3, -0.25) is 4.98 Å². The minimum atomic E-state index is 0.659. The summed E-state index contributed by atoms with van der Waals surface area (Å²) >= 11 is 8.12. The number of thioether (sulfide) groups is 1. The lowest BCUT2D eigenvalue weighted by Crippen LogP contribution is -2.17. The van der Waals surface area contributed by atoms with Crippen LogP contribution in [0.1, 0.15) is 12.8 Å². The Labute approximate surface area is 116 Å². The van der Waals surface area contributed by atoms with Gasteiger partial charge in [-0.15, -0.1) is 11.8 Å². The number of rotatable bonds is 2. The fraction of sp³-hybridized carbons (Fsp3) is 0.357. The maximum Gasteiger partial charge on any atom is 0.0717 e. The highest BCUT2D eigenvalue weighted by molar-refractivity contribution is 8.00. The molecule has 0 radical (unpaired) electrons. The van der Waals surface area contributed by atoms with Crippen molar-refractivity contribution >= 4 is 34.3 Å². The van der Waals surface area contributed by atoms with Crippen molar-refractivity contribution in [2.75, 3.05) is 13.2 Å². The second-order valence-electron chi connectivity index (χ2n) is 4.40. The van der Waals surface area contributed by atoms with Gasteiger partial charge in [0.1, 0.15) is 0 Å². The number of hydrogen-bond donors (Lipinski definition) is 0. The Hall–Kier alpha value is -0.770. The number of ether oxygens (including phenoxy) is 1. The molecule has 94 valence electrons. The topological polar surface area (TPSA) is 22.1 Å². The minimum Gasteiger partial charge on any atom is -0.381 e. The molecule has 0 amide bonds. The van der Waals surface area contributed by atoms with Crippen LogP contribution in [0.5, 0.6) is 0 Å². The van der Waals surface area contributed by atoms with Gasteiger partial charge in [0, 0.05) is 34.9 Å². The lowest BCUT2D eigenvalue weighted by atomic mass is 10.2. The van der Waals surface area contributed by atoms with Gasteiger partial charge in [-0.1, -0.05) is 11.6 Å². The summed E-state index contributed by atoms with van der Waals surface area (Å²) in [6, 6.07) is 8.16. The van der Waals surface area contributed by atoms with Crippen molar-refractivity contribution in [2.45, 2.75) is 23.0 Å². The molecule has 2 nitrogen and oxygen atoms in total. The van der Waals surface area contributed by atoms with Gasteiger partial charge in [0.25, 0.3) is 0 Å². The summed E-state index contributed by atoms with van der Waals surface area (Å²) in [7, 11) is 0. The summed E-state index contributed by atoms with van der Waals surface area (Å²) in [5.41, 5.74) is 0.957. The predicted octanol–water partition coefficient (Wildman–Crippen LogP) is 4.16. The average Bonchev–Trinajstić information content (AvgIpc) is 2.41. The van der Waals surface area contributed by atoms with E-state index in [-0.39, 0.29) is 0 Å². The Morgan fingerprint density at radius 1 is 1.22 bits per heavy atom. The third-order valence-electron chi connectivity index (χ3n) is 3.13. The molecule has 1 fully saturated rings. The number of pyridine rings is 1. The first-order valence-corrected chi connectivity index (χ1v) is 7.37. The van der Waals surface area contributed by atoms with Crippen molar-refractivity contribution in [2.24, 2.45) is 0 Å². The van der Waals surface area contributed by atoms with Crippen LogP contribution < -0.4 is 0 Å². The summed E-state index contributed by atoms with van der Waals surface area (Å²) in [5, 5.41) is 2.47. The van der Waals surface area contributed by atoms with Gasteiger partial charge < -0.3 is 4.74 Å². The molecule has 4 heteroatoms. The van der Waals surface area contributed by atoms with E-state index in [1.807, 2.05) is 23.9 Å². The molecule has 0 unspecified atom stereocenters. The molecule has 1 aliphatic heterocycles. The van der Waals surface area contributed by atoms with E-state index < -0.39 is 0 Å². The van der Waals surface area contributed by atoms with Gasteiger partial charge in [-0.2, -0.15) is 0 Å². The Morgan fingerprint density at radius 3 is 2.89 bits per heavy atom. The summed E-state index contributed by atoms with van der Waals surface area (Å²) in [4.78, 5) is 5.58. The molecular weight excluding hydrogens is 266 g/mol. The summed E-state index contributed by atoms with van der Waals surface area (Å²) in [6.45, 7) is 1.76. The monoisotopic (exact) mass is 279 g/mol. The van der Waals surface area contributed by atoms with Crippen molar-refractivity contribution in [3.63, 3.8) is 0 Å². The van der Waals surface area contributed by atoms with E-state index in [0.717, 1.165) is 42.0 Å². The zero-order chi connectivity index (χ0) is 12.4. The molecule has 1 saturated heterocycles. The Balaban J connectivity index is 1.86. The van der Waals surface area contributed by atoms with Gasteiger partial charge in [0.15, 0.2) is 0 Å². The summed E-state index contributed by atoms with van der Waals surface area (Å²) in [5.74, 6) is 0. The smallest absolute Gasteiger partial charge is 0.0717 e. The summed E-state index contributed by atoms with van der Waals surface area (Å²) in [6.07, 6.45) is 4.00.